The van der Waals surface area contributed by atoms with Crippen LogP contribution < -0.4 is 16.0 Å². The van der Waals surface area contributed by atoms with Gasteiger partial charge in [-0.15, -0.1) is 0 Å². The molecule has 0 amide bonds. The number of rotatable bonds is 5. The van der Waals surface area contributed by atoms with Crippen LogP contribution >= 0.6 is 0 Å². The number of nitrogens with two attached hydrogens (primary N) is 1. The molecule has 0 spiro atoms. The van der Waals surface area contributed by atoms with E-state index in [2.05, 4.69) is 10.5 Å². The molecule has 2 aromatic rings. The van der Waals surface area contributed by atoms with E-state index in [4.69, 9.17) is 10.6 Å². The summed E-state index contributed by atoms with van der Waals surface area (Å²) in [6.45, 7) is 2.61. The lowest BCUT2D eigenvalue weighted by Crippen LogP contribution is -2.30. The number of aryl methyl sites for hydroxylation is 1. The summed E-state index contributed by atoms with van der Waals surface area (Å²) in [6.07, 6.45) is 1.76. The Morgan fingerprint density at radius 1 is 1.44 bits per heavy atom. The minimum absolute atomic E-state index is 0.0992. The third-order valence-electron chi connectivity index (χ3n) is 2.82. The molecule has 1 heterocycles. The van der Waals surface area contributed by atoms with Gasteiger partial charge in [0.15, 0.2) is 0 Å². The number of benzene rings is 1. The number of ether oxygens (including phenoxy) is 1. The molecule has 2 rings (SSSR count). The predicted molar refractivity (Wildman–Crippen MR) is 70.0 cm³/mol. The Bertz CT molecular complexity index is 509. The molecule has 0 saturated carbocycles. The van der Waals surface area contributed by atoms with Gasteiger partial charge in [-0.1, -0.05) is 12.1 Å². The third kappa shape index (κ3) is 2.52. The van der Waals surface area contributed by atoms with Crippen molar-refractivity contribution in [3.05, 3.63) is 47.8 Å². The summed E-state index contributed by atoms with van der Waals surface area (Å²) < 4.78 is 7.30. The molecule has 3 N–H and O–H groups in total. The van der Waals surface area contributed by atoms with Gasteiger partial charge in [-0.3, -0.25) is 10.5 Å². The minimum Gasteiger partial charge on any atom is -0.494 e. The van der Waals surface area contributed by atoms with E-state index in [9.17, 15) is 0 Å². The fraction of sp³-hybridized carbons (Fsp3) is 0.308. The van der Waals surface area contributed by atoms with E-state index < -0.39 is 0 Å². The van der Waals surface area contributed by atoms with Crippen molar-refractivity contribution in [1.29, 1.82) is 0 Å². The van der Waals surface area contributed by atoms with E-state index in [1.807, 2.05) is 44.3 Å². The first-order valence-corrected chi connectivity index (χ1v) is 5.93. The second kappa shape index (κ2) is 5.66. The molecule has 0 aliphatic carbocycles. The summed E-state index contributed by atoms with van der Waals surface area (Å²) in [5, 5.41) is 4.16. The topological polar surface area (TPSA) is 65.1 Å². The summed E-state index contributed by atoms with van der Waals surface area (Å²) in [6, 6.07) is 9.74. The Kier molecular flexibility index (Phi) is 3.96. The van der Waals surface area contributed by atoms with Crippen molar-refractivity contribution in [2.75, 3.05) is 6.61 Å². The van der Waals surface area contributed by atoms with Gasteiger partial charge in [0.1, 0.15) is 5.75 Å². The van der Waals surface area contributed by atoms with Crippen LogP contribution in [0.4, 0.5) is 0 Å². The zero-order valence-electron chi connectivity index (χ0n) is 10.6. The first-order valence-electron chi connectivity index (χ1n) is 5.93. The highest BCUT2D eigenvalue weighted by molar-refractivity contribution is 5.34. The molecule has 1 aromatic carbocycles. The van der Waals surface area contributed by atoms with Gasteiger partial charge >= 0.3 is 0 Å². The van der Waals surface area contributed by atoms with Crippen LogP contribution in [-0.4, -0.2) is 16.4 Å². The lowest BCUT2D eigenvalue weighted by Gasteiger charge is -2.17. The molecule has 18 heavy (non-hydrogen) atoms. The van der Waals surface area contributed by atoms with Crippen molar-refractivity contribution < 1.29 is 4.74 Å². The van der Waals surface area contributed by atoms with E-state index in [0.29, 0.717) is 6.61 Å². The van der Waals surface area contributed by atoms with Crippen LogP contribution in [0.15, 0.2) is 36.5 Å². The summed E-state index contributed by atoms with van der Waals surface area (Å²) in [5.74, 6) is 6.50. The van der Waals surface area contributed by atoms with E-state index >= 15 is 0 Å². The van der Waals surface area contributed by atoms with Crippen LogP contribution in [0.25, 0.3) is 0 Å². The highest BCUT2D eigenvalue weighted by Gasteiger charge is 2.16. The van der Waals surface area contributed by atoms with Gasteiger partial charge < -0.3 is 4.74 Å². The smallest absolute Gasteiger partial charge is 0.119 e. The van der Waals surface area contributed by atoms with E-state index in [0.717, 1.165) is 17.0 Å². The second-order valence-electron chi connectivity index (χ2n) is 3.98. The lowest BCUT2D eigenvalue weighted by molar-refractivity contribution is 0.339. The number of nitrogens with one attached hydrogen (secondary N) is 1. The number of hydrazine groups is 1. The standard InChI is InChI=1S/C13H18N4O/c1-3-18-11-6-4-5-10(9-11)13(16-14)12-7-8-15-17(12)2/h4-9,13,16H,3,14H2,1-2H3. The molecular weight excluding hydrogens is 228 g/mol. The fourth-order valence-electron chi connectivity index (χ4n) is 1.97. The fourth-order valence-corrected chi connectivity index (χ4v) is 1.97. The van der Waals surface area contributed by atoms with Crippen LogP contribution in [0.3, 0.4) is 0 Å². The van der Waals surface area contributed by atoms with Crippen LogP contribution in [0.5, 0.6) is 5.75 Å². The van der Waals surface area contributed by atoms with Crippen molar-refractivity contribution in [2.45, 2.75) is 13.0 Å². The lowest BCUT2D eigenvalue weighted by atomic mass is 10.0. The van der Waals surface area contributed by atoms with Gasteiger partial charge in [-0.25, -0.2) is 5.43 Å². The Labute approximate surface area is 107 Å². The largest absolute Gasteiger partial charge is 0.494 e. The second-order valence-corrected chi connectivity index (χ2v) is 3.98. The molecule has 0 aliphatic heterocycles. The SMILES string of the molecule is CCOc1cccc(C(NN)c2ccnn2C)c1. The normalized spacial score (nSPS) is 12.4. The maximum atomic E-state index is 5.66. The Morgan fingerprint density at radius 3 is 2.89 bits per heavy atom. The zero-order chi connectivity index (χ0) is 13.0. The van der Waals surface area contributed by atoms with Crippen LogP contribution in [0.1, 0.15) is 24.2 Å². The first-order chi connectivity index (χ1) is 8.76. The quantitative estimate of drug-likeness (QED) is 0.618. The Hall–Kier alpha value is -1.85. The van der Waals surface area contributed by atoms with Crippen molar-refractivity contribution in [3.63, 3.8) is 0 Å². The Balaban J connectivity index is 2.33. The first kappa shape index (κ1) is 12.6. The molecule has 0 aliphatic rings. The van der Waals surface area contributed by atoms with Crippen LogP contribution in [0, 0.1) is 0 Å². The summed E-state index contributed by atoms with van der Waals surface area (Å²) in [4.78, 5) is 0. The molecule has 0 bridgehead atoms. The molecule has 0 radical (unpaired) electrons. The summed E-state index contributed by atoms with van der Waals surface area (Å²) in [5.41, 5.74) is 4.87. The molecule has 1 unspecified atom stereocenters. The van der Waals surface area contributed by atoms with Crippen molar-refractivity contribution in [2.24, 2.45) is 12.9 Å². The van der Waals surface area contributed by atoms with Crippen LogP contribution in [0.2, 0.25) is 0 Å². The molecule has 0 fully saturated rings. The maximum absolute atomic E-state index is 5.66. The molecule has 1 aromatic heterocycles. The van der Waals surface area contributed by atoms with E-state index in [-0.39, 0.29) is 6.04 Å². The molecule has 96 valence electrons. The highest BCUT2D eigenvalue weighted by Crippen LogP contribution is 2.24. The van der Waals surface area contributed by atoms with Gasteiger partial charge in [-0.05, 0) is 30.7 Å². The van der Waals surface area contributed by atoms with Gasteiger partial charge in [0, 0.05) is 13.2 Å². The monoisotopic (exact) mass is 246 g/mol. The number of hydrogen-bond acceptors (Lipinski definition) is 4. The molecular formula is C13H18N4O. The number of nitrogens with zero attached hydrogens (tertiary/aromatic N) is 2. The molecule has 5 nitrogen and oxygen atoms in total. The molecule has 0 saturated heterocycles. The zero-order valence-corrected chi connectivity index (χ0v) is 10.6. The highest BCUT2D eigenvalue weighted by atomic mass is 16.5. The van der Waals surface area contributed by atoms with E-state index in [1.165, 1.54) is 0 Å². The van der Waals surface area contributed by atoms with Gasteiger partial charge in [0.05, 0.1) is 18.3 Å². The summed E-state index contributed by atoms with van der Waals surface area (Å²) >= 11 is 0. The number of aromatic nitrogens is 2. The van der Waals surface area contributed by atoms with Gasteiger partial charge in [-0.2, -0.15) is 5.10 Å². The van der Waals surface area contributed by atoms with Crippen LogP contribution in [-0.2, 0) is 7.05 Å². The van der Waals surface area contributed by atoms with Gasteiger partial charge in [0.25, 0.3) is 0 Å². The van der Waals surface area contributed by atoms with Crippen molar-refractivity contribution in [1.82, 2.24) is 15.2 Å². The van der Waals surface area contributed by atoms with Crippen molar-refractivity contribution in [3.8, 4) is 5.75 Å². The van der Waals surface area contributed by atoms with E-state index in [1.54, 1.807) is 10.9 Å². The van der Waals surface area contributed by atoms with Crippen molar-refractivity contribution >= 4 is 0 Å². The Morgan fingerprint density at radius 2 is 2.28 bits per heavy atom. The predicted octanol–water partition coefficient (Wildman–Crippen LogP) is 1.37. The third-order valence-corrected chi connectivity index (χ3v) is 2.82. The maximum Gasteiger partial charge on any atom is 0.119 e. The average Bonchev–Trinajstić information content (AvgIpc) is 2.78. The summed E-state index contributed by atoms with van der Waals surface area (Å²) in [7, 11) is 1.89. The minimum atomic E-state index is -0.0992. The average molecular weight is 246 g/mol. The number of hydrogen-bond donors (Lipinski definition) is 2. The molecule has 1 atom stereocenters. The molecule has 5 heteroatoms. The van der Waals surface area contributed by atoms with Gasteiger partial charge in [0.2, 0.25) is 0 Å².